The molecule has 0 aromatic rings. The maximum Gasteiger partial charge on any atom is 0.326 e. The molecule has 1 aliphatic heterocycles. The zero-order valence-corrected chi connectivity index (χ0v) is 10.4. The third-order valence-corrected chi connectivity index (χ3v) is 2.99. The average Bonchev–Trinajstić information content (AvgIpc) is 2.64. The van der Waals surface area contributed by atoms with Crippen LogP contribution in [0.5, 0.6) is 0 Å². The van der Waals surface area contributed by atoms with Gasteiger partial charge in [-0.05, 0) is 12.8 Å². The molecule has 0 spiro atoms. The maximum absolute atomic E-state index is 11.8. The Bertz CT molecular complexity index is 367. The monoisotopic (exact) mass is 254 g/mol. The first-order valence-corrected chi connectivity index (χ1v) is 5.83. The highest BCUT2D eigenvalue weighted by atomic mass is 16.4. The van der Waals surface area contributed by atoms with Gasteiger partial charge in [0, 0.05) is 20.0 Å². The van der Waals surface area contributed by atoms with Crippen LogP contribution < -0.4 is 5.32 Å². The zero-order chi connectivity index (χ0) is 13.7. The van der Waals surface area contributed by atoms with Crippen molar-refractivity contribution in [2.45, 2.75) is 25.3 Å². The second kappa shape index (κ2) is 6.18. The summed E-state index contributed by atoms with van der Waals surface area (Å²) >= 11 is 0. The largest absolute Gasteiger partial charge is 0.480 e. The van der Waals surface area contributed by atoms with Crippen LogP contribution in [0.15, 0.2) is 12.7 Å². The molecule has 1 saturated heterocycles. The summed E-state index contributed by atoms with van der Waals surface area (Å²) < 4.78 is 0. The lowest BCUT2D eigenvalue weighted by Gasteiger charge is -2.16. The molecule has 2 atom stereocenters. The van der Waals surface area contributed by atoms with Gasteiger partial charge in [-0.2, -0.15) is 0 Å². The van der Waals surface area contributed by atoms with Crippen molar-refractivity contribution in [1.82, 2.24) is 10.2 Å². The summed E-state index contributed by atoms with van der Waals surface area (Å²) in [5, 5.41) is 11.4. The van der Waals surface area contributed by atoms with Gasteiger partial charge in [0.25, 0.3) is 0 Å². The number of nitrogens with one attached hydrogen (secondary N) is 1. The number of allylic oxidation sites excluding steroid dienone is 1. The van der Waals surface area contributed by atoms with Crippen LogP contribution in [0.4, 0.5) is 0 Å². The second-order valence-electron chi connectivity index (χ2n) is 4.44. The SMILES string of the molecule is C=CCCC(NC(=O)C1CC(=O)N(C)C1)C(=O)O. The minimum atomic E-state index is -1.07. The summed E-state index contributed by atoms with van der Waals surface area (Å²) in [7, 11) is 1.63. The molecule has 2 unspecified atom stereocenters. The molecule has 1 rings (SSSR count). The van der Waals surface area contributed by atoms with Crippen molar-refractivity contribution in [2.24, 2.45) is 5.92 Å². The maximum atomic E-state index is 11.8. The van der Waals surface area contributed by atoms with Crippen LogP contribution in [0, 0.1) is 5.92 Å². The Morgan fingerprint density at radius 3 is 2.78 bits per heavy atom. The van der Waals surface area contributed by atoms with Gasteiger partial charge in [-0.15, -0.1) is 6.58 Å². The molecule has 0 bridgehead atoms. The minimum Gasteiger partial charge on any atom is -0.480 e. The van der Waals surface area contributed by atoms with Gasteiger partial charge in [0.1, 0.15) is 6.04 Å². The fraction of sp³-hybridized carbons (Fsp3) is 0.583. The van der Waals surface area contributed by atoms with Gasteiger partial charge in [0.05, 0.1) is 5.92 Å². The van der Waals surface area contributed by atoms with E-state index in [9.17, 15) is 14.4 Å². The third-order valence-electron chi connectivity index (χ3n) is 2.99. The number of carboxylic acids is 1. The van der Waals surface area contributed by atoms with Crippen LogP contribution in [0.25, 0.3) is 0 Å². The van der Waals surface area contributed by atoms with E-state index in [0.29, 0.717) is 19.4 Å². The zero-order valence-electron chi connectivity index (χ0n) is 10.4. The summed E-state index contributed by atoms with van der Waals surface area (Å²) in [6.07, 6.45) is 2.58. The van der Waals surface area contributed by atoms with E-state index in [4.69, 9.17) is 5.11 Å². The molecule has 0 saturated carbocycles. The lowest BCUT2D eigenvalue weighted by atomic mass is 10.1. The van der Waals surface area contributed by atoms with E-state index in [1.807, 2.05) is 0 Å². The second-order valence-corrected chi connectivity index (χ2v) is 4.44. The lowest BCUT2D eigenvalue weighted by Crippen LogP contribution is -2.44. The Kier molecular flexibility index (Phi) is 4.88. The van der Waals surface area contributed by atoms with E-state index in [1.165, 1.54) is 4.90 Å². The molecule has 100 valence electrons. The molecule has 6 nitrogen and oxygen atoms in total. The third kappa shape index (κ3) is 3.58. The fourth-order valence-corrected chi connectivity index (χ4v) is 1.87. The van der Waals surface area contributed by atoms with Crippen LogP contribution >= 0.6 is 0 Å². The Morgan fingerprint density at radius 2 is 2.33 bits per heavy atom. The standard InChI is InChI=1S/C12H18N2O4/c1-3-4-5-9(12(17)18)13-11(16)8-6-10(15)14(2)7-8/h3,8-9H,1,4-7H2,2H3,(H,13,16)(H,17,18). The van der Waals surface area contributed by atoms with E-state index in [1.54, 1.807) is 13.1 Å². The molecule has 1 fully saturated rings. The van der Waals surface area contributed by atoms with E-state index < -0.39 is 17.9 Å². The number of aliphatic carboxylic acids is 1. The number of likely N-dealkylation sites (tertiary alicyclic amines) is 1. The highest BCUT2D eigenvalue weighted by Gasteiger charge is 2.33. The predicted molar refractivity (Wildman–Crippen MR) is 64.7 cm³/mol. The van der Waals surface area contributed by atoms with Crippen LogP contribution in [0.2, 0.25) is 0 Å². The summed E-state index contributed by atoms with van der Waals surface area (Å²) in [6.45, 7) is 3.86. The average molecular weight is 254 g/mol. The van der Waals surface area contributed by atoms with E-state index in [-0.39, 0.29) is 18.2 Å². The first kappa shape index (κ1) is 14.2. The van der Waals surface area contributed by atoms with Crippen molar-refractivity contribution in [3.63, 3.8) is 0 Å². The van der Waals surface area contributed by atoms with Crippen molar-refractivity contribution in [2.75, 3.05) is 13.6 Å². The number of carbonyl (C=O) groups is 3. The number of carboxylic acid groups (broad SMARTS) is 1. The molecule has 0 radical (unpaired) electrons. The molecule has 0 aliphatic carbocycles. The predicted octanol–water partition coefficient (Wildman–Crippen LogP) is 0.000300. The van der Waals surface area contributed by atoms with Crippen LogP contribution in [0.3, 0.4) is 0 Å². The van der Waals surface area contributed by atoms with E-state index in [2.05, 4.69) is 11.9 Å². The Labute approximate surface area is 106 Å². The quantitative estimate of drug-likeness (QED) is 0.653. The molecular weight excluding hydrogens is 236 g/mol. The molecule has 6 heteroatoms. The molecule has 0 aromatic carbocycles. The van der Waals surface area contributed by atoms with Crippen LogP contribution in [-0.2, 0) is 14.4 Å². The first-order chi connectivity index (χ1) is 8.45. The number of hydrogen-bond acceptors (Lipinski definition) is 3. The van der Waals surface area contributed by atoms with Gasteiger partial charge < -0.3 is 15.3 Å². The molecular formula is C12H18N2O4. The molecule has 0 aromatic heterocycles. The number of rotatable bonds is 6. The fourth-order valence-electron chi connectivity index (χ4n) is 1.87. The summed E-state index contributed by atoms with van der Waals surface area (Å²) in [5.74, 6) is -1.98. The highest BCUT2D eigenvalue weighted by molar-refractivity contribution is 5.91. The van der Waals surface area contributed by atoms with Gasteiger partial charge in [-0.25, -0.2) is 4.79 Å². The topological polar surface area (TPSA) is 86.7 Å². The minimum absolute atomic E-state index is 0.0897. The number of amides is 2. The first-order valence-electron chi connectivity index (χ1n) is 5.83. The lowest BCUT2D eigenvalue weighted by molar-refractivity contribution is -0.142. The summed E-state index contributed by atoms with van der Waals surface area (Å²) in [4.78, 5) is 35.6. The Morgan fingerprint density at radius 1 is 1.67 bits per heavy atom. The molecule has 1 heterocycles. The highest BCUT2D eigenvalue weighted by Crippen LogP contribution is 2.16. The van der Waals surface area contributed by atoms with Crippen LogP contribution in [0.1, 0.15) is 19.3 Å². The van der Waals surface area contributed by atoms with E-state index >= 15 is 0 Å². The van der Waals surface area contributed by atoms with Gasteiger partial charge in [-0.3, -0.25) is 9.59 Å². The number of hydrogen-bond donors (Lipinski definition) is 2. The van der Waals surface area contributed by atoms with Gasteiger partial charge in [-0.1, -0.05) is 6.08 Å². The molecule has 18 heavy (non-hydrogen) atoms. The van der Waals surface area contributed by atoms with Crippen molar-refractivity contribution >= 4 is 17.8 Å². The van der Waals surface area contributed by atoms with Crippen molar-refractivity contribution in [3.05, 3.63) is 12.7 Å². The van der Waals surface area contributed by atoms with Crippen LogP contribution in [-0.4, -0.2) is 47.4 Å². The van der Waals surface area contributed by atoms with Crippen molar-refractivity contribution < 1.29 is 19.5 Å². The van der Waals surface area contributed by atoms with E-state index in [0.717, 1.165) is 0 Å². The van der Waals surface area contributed by atoms with Crippen molar-refractivity contribution in [3.8, 4) is 0 Å². The summed E-state index contributed by atoms with van der Waals surface area (Å²) in [6, 6.07) is -0.920. The Hall–Kier alpha value is -1.85. The summed E-state index contributed by atoms with van der Waals surface area (Å²) in [5.41, 5.74) is 0. The number of carbonyl (C=O) groups excluding carboxylic acids is 2. The van der Waals surface area contributed by atoms with Gasteiger partial charge in [0.15, 0.2) is 0 Å². The Balaban J connectivity index is 2.53. The molecule has 1 aliphatic rings. The van der Waals surface area contributed by atoms with Gasteiger partial charge in [0.2, 0.25) is 11.8 Å². The normalized spacial score (nSPS) is 20.6. The molecule has 2 amide bonds. The van der Waals surface area contributed by atoms with Crippen molar-refractivity contribution in [1.29, 1.82) is 0 Å². The molecule has 2 N–H and O–H groups in total. The smallest absolute Gasteiger partial charge is 0.326 e. The van der Waals surface area contributed by atoms with Gasteiger partial charge >= 0.3 is 5.97 Å². The number of nitrogens with zero attached hydrogens (tertiary/aromatic N) is 1.